The van der Waals surface area contributed by atoms with Crippen molar-refractivity contribution >= 4 is 18.3 Å². The van der Waals surface area contributed by atoms with Crippen LogP contribution in [0.1, 0.15) is 33.1 Å². The van der Waals surface area contributed by atoms with E-state index in [1.807, 2.05) is 6.92 Å². The topological polar surface area (TPSA) is 58.4 Å². The Morgan fingerprint density at radius 1 is 1.43 bits per heavy atom. The van der Waals surface area contributed by atoms with Gasteiger partial charge in [-0.1, -0.05) is 13.3 Å². The molecule has 4 nitrogen and oxygen atoms in total. The summed E-state index contributed by atoms with van der Waals surface area (Å²) < 4.78 is 36.8. The maximum atomic E-state index is 12.3. The minimum Gasteiger partial charge on any atom is -0.354 e. The second kappa shape index (κ2) is 8.19. The van der Waals surface area contributed by atoms with Crippen LogP contribution in [0.15, 0.2) is 0 Å². The molecule has 1 heterocycles. The van der Waals surface area contributed by atoms with Gasteiger partial charge in [-0.3, -0.25) is 9.69 Å². The number of halogens is 4. The summed E-state index contributed by atoms with van der Waals surface area (Å²) in [4.78, 5) is 13.3. The molecule has 8 heteroatoms. The van der Waals surface area contributed by atoms with Gasteiger partial charge in [0.05, 0.1) is 12.1 Å². The molecule has 1 rings (SSSR count). The predicted octanol–water partition coefficient (Wildman–Crippen LogP) is 1.93. The van der Waals surface area contributed by atoms with Gasteiger partial charge in [0.15, 0.2) is 0 Å². The normalized spacial score (nSPS) is 22.5. The first kappa shape index (κ1) is 20.5. The van der Waals surface area contributed by atoms with Crippen LogP contribution in [-0.4, -0.2) is 48.7 Å². The number of carbonyl (C=O) groups is 1. The highest BCUT2D eigenvalue weighted by atomic mass is 35.5. The summed E-state index contributed by atoms with van der Waals surface area (Å²) in [6.07, 6.45) is -2.09. The Hall–Kier alpha value is -0.530. The first-order valence-corrected chi connectivity index (χ1v) is 7.00. The number of rotatable bonds is 6. The maximum absolute atomic E-state index is 12.3. The Labute approximate surface area is 130 Å². The highest BCUT2D eigenvalue weighted by Crippen LogP contribution is 2.22. The van der Waals surface area contributed by atoms with Crippen LogP contribution < -0.4 is 11.1 Å². The summed E-state index contributed by atoms with van der Waals surface area (Å²) in [5.74, 6) is -0.160. The van der Waals surface area contributed by atoms with Gasteiger partial charge in [-0.05, 0) is 32.2 Å². The Morgan fingerprint density at radius 2 is 2.05 bits per heavy atom. The summed E-state index contributed by atoms with van der Waals surface area (Å²) in [5.41, 5.74) is 4.99. The van der Waals surface area contributed by atoms with E-state index in [1.165, 1.54) is 4.90 Å². The monoisotopic (exact) mass is 331 g/mol. The smallest absolute Gasteiger partial charge is 0.354 e. The van der Waals surface area contributed by atoms with Crippen molar-refractivity contribution in [2.24, 2.45) is 11.7 Å². The number of alkyl halides is 3. The van der Waals surface area contributed by atoms with Crippen LogP contribution in [0.25, 0.3) is 0 Å². The van der Waals surface area contributed by atoms with Crippen molar-refractivity contribution < 1.29 is 18.0 Å². The highest BCUT2D eigenvalue weighted by molar-refractivity contribution is 5.85. The average Bonchev–Trinajstić information content (AvgIpc) is 2.70. The van der Waals surface area contributed by atoms with E-state index in [-0.39, 0.29) is 24.2 Å². The quantitative estimate of drug-likeness (QED) is 0.782. The number of carbonyl (C=O) groups excluding carboxylic acids is 1. The van der Waals surface area contributed by atoms with Crippen molar-refractivity contribution in [3.63, 3.8) is 0 Å². The third-order valence-corrected chi connectivity index (χ3v) is 3.61. The van der Waals surface area contributed by atoms with E-state index in [0.29, 0.717) is 32.5 Å². The van der Waals surface area contributed by atoms with Crippen LogP contribution >= 0.6 is 12.4 Å². The van der Waals surface area contributed by atoms with Crippen LogP contribution in [0, 0.1) is 5.92 Å². The molecule has 21 heavy (non-hydrogen) atoms. The summed E-state index contributed by atoms with van der Waals surface area (Å²) in [6.45, 7) is 3.94. The number of nitrogens with one attached hydrogen (secondary N) is 1. The van der Waals surface area contributed by atoms with Crippen molar-refractivity contribution in [1.82, 2.24) is 10.2 Å². The summed E-state index contributed by atoms with van der Waals surface area (Å²) >= 11 is 0. The number of hydrogen-bond acceptors (Lipinski definition) is 3. The average molecular weight is 332 g/mol. The van der Waals surface area contributed by atoms with E-state index in [4.69, 9.17) is 5.73 Å². The fourth-order valence-electron chi connectivity index (χ4n) is 2.55. The van der Waals surface area contributed by atoms with Gasteiger partial charge in [0, 0.05) is 13.1 Å². The number of nitrogens with two attached hydrogens (primary N) is 1. The fourth-order valence-corrected chi connectivity index (χ4v) is 2.55. The summed E-state index contributed by atoms with van der Waals surface area (Å²) in [5, 5.41) is 2.76. The first-order chi connectivity index (χ1) is 9.14. The lowest BCUT2D eigenvalue weighted by Crippen LogP contribution is -2.52. The summed E-state index contributed by atoms with van der Waals surface area (Å²) in [6, 6.07) is 0. The third-order valence-electron chi connectivity index (χ3n) is 3.61. The van der Waals surface area contributed by atoms with Crippen LogP contribution in [0.2, 0.25) is 0 Å². The fraction of sp³-hybridized carbons (Fsp3) is 0.923. The molecule has 126 valence electrons. The number of amides is 1. The molecule has 0 aromatic rings. The molecule has 1 amide bonds. The zero-order valence-electron chi connectivity index (χ0n) is 12.5. The molecule has 0 saturated carbocycles. The molecule has 2 unspecified atom stereocenters. The molecule has 1 aliphatic rings. The molecule has 1 saturated heterocycles. The minimum atomic E-state index is -4.16. The SMILES string of the molecule is CCCC(C)(N)C(=O)NCC1CCN(CC(F)(F)F)C1.Cl. The van der Waals surface area contributed by atoms with Gasteiger partial charge < -0.3 is 11.1 Å². The van der Waals surface area contributed by atoms with Crippen LogP contribution in [0.4, 0.5) is 13.2 Å². The first-order valence-electron chi connectivity index (χ1n) is 7.00. The van der Waals surface area contributed by atoms with Gasteiger partial charge in [-0.2, -0.15) is 13.2 Å². The van der Waals surface area contributed by atoms with E-state index in [2.05, 4.69) is 5.32 Å². The number of likely N-dealkylation sites (tertiary alicyclic amines) is 1. The van der Waals surface area contributed by atoms with Crippen molar-refractivity contribution in [2.45, 2.75) is 44.8 Å². The third kappa shape index (κ3) is 7.33. The Morgan fingerprint density at radius 3 is 2.57 bits per heavy atom. The standard InChI is InChI=1S/C13H24F3N3O.ClH/c1-3-5-12(2,17)11(20)18-7-10-4-6-19(8-10)9-13(14,15)16;/h10H,3-9,17H2,1-2H3,(H,18,20);1H. The molecular formula is C13H25ClF3N3O. The summed E-state index contributed by atoms with van der Waals surface area (Å²) in [7, 11) is 0. The van der Waals surface area contributed by atoms with Crippen LogP contribution in [0.3, 0.4) is 0 Å². The molecule has 0 aliphatic carbocycles. The molecule has 0 spiro atoms. The van der Waals surface area contributed by atoms with Crippen molar-refractivity contribution in [3.8, 4) is 0 Å². The van der Waals surface area contributed by atoms with Gasteiger partial charge in [0.2, 0.25) is 5.91 Å². The lowest BCUT2D eigenvalue weighted by atomic mass is 9.96. The van der Waals surface area contributed by atoms with Crippen LogP contribution in [0.5, 0.6) is 0 Å². The van der Waals surface area contributed by atoms with Gasteiger partial charge in [-0.25, -0.2) is 0 Å². The molecular weight excluding hydrogens is 307 g/mol. The van der Waals surface area contributed by atoms with Crippen LogP contribution in [-0.2, 0) is 4.79 Å². The van der Waals surface area contributed by atoms with Gasteiger partial charge in [0.25, 0.3) is 0 Å². The minimum absolute atomic E-state index is 0. The second-order valence-corrected chi connectivity index (χ2v) is 5.88. The molecule has 0 bridgehead atoms. The molecule has 1 fully saturated rings. The van der Waals surface area contributed by atoms with Crippen molar-refractivity contribution in [1.29, 1.82) is 0 Å². The Balaban J connectivity index is 0.00000400. The van der Waals surface area contributed by atoms with E-state index in [1.54, 1.807) is 6.92 Å². The van der Waals surface area contributed by atoms with E-state index >= 15 is 0 Å². The number of nitrogens with zero attached hydrogens (tertiary/aromatic N) is 1. The molecule has 0 aromatic carbocycles. The zero-order chi connectivity index (χ0) is 15.4. The van der Waals surface area contributed by atoms with Crippen molar-refractivity contribution in [3.05, 3.63) is 0 Å². The second-order valence-electron chi connectivity index (χ2n) is 5.88. The zero-order valence-corrected chi connectivity index (χ0v) is 13.3. The Bertz CT molecular complexity index is 337. The lowest BCUT2D eigenvalue weighted by molar-refractivity contribution is -0.143. The maximum Gasteiger partial charge on any atom is 0.401 e. The van der Waals surface area contributed by atoms with Gasteiger partial charge in [-0.15, -0.1) is 12.4 Å². The van der Waals surface area contributed by atoms with E-state index in [0.717, 1.165) is 6.42 Å². The lowest BCUT2D eigenvalue weighted by Gasteiger charge is -2.24. The van der Waals surface area contributed by atoms with E-state index < -0.39 is 18.3 Å². The predicted molar refractivity (Wildman–Crippen MR) is 78.4 cm³/mol. The van der Waals surface area contributed by atoms with Gasteiger partial charge in [0.1, 0.15) is 0 Å². The molecule has 0 radical (unpaired) electrons. The Kier molecular flexibility index (Phi) is 7.99. The van der Waals surface area contributed by atoms with Crippen molar-refractivity contribution in [2.75, 3.05) is 26.2 Å². The largest absolute Gasteiger partial charge is 0.401 e. The number of hydrogen-bond donors (Lipinski definition) is 2. The molecule has 2 atom stereocenters. The van der Waals surface area contributed by atoms with Gasteiger partial charge >= 0.3 is 6.18 Å². The molecule has 0 aromatic heterocycles. The molecule has 3 N–H and O–H groups in total. The highest BCUT2D eigenvalue weighted by Gasteiger charge is 2.35. The van der Waals surface area contributed by atoms with E-state index in [9.17, 15) is 18.0 Å². The molecule has 1 aliphatic heterocycles.